The van der Waals surface area contributed by atoms with Crippen LogP contribution in [0.5, 0.6) is 0 Å². The molecule has 0 fully saturated rings. The molecule has 0 spiro atoms. The lowest BCUT2D eigenvalue weighted by Gasteiger charge is -2.12. The van der Waals surface area contributed by atoms with Gasteiger partial charge in [-0.2, -0.15) is 0 Å². The summed E-state index contributed by atoms with van der Waals surface area (Å²) in [7, 11) is 0. The van der Waals surface area contributed by atoms with E-state index in [0.717, 1.165) is 23.3 Å². The van der Waals surface area contributed by atoms with E-state index in [9.17, 15) is 4.79 Å². The number of aryl methyl sites for hydroxylation is 1. The molecule has 2 aromatic heterocycles. The molecule has 0 aliphatic rings. The summed E-state index contributed by atoms with van der Waals surface area (Å²) in [6.45, 7) is 3.83. The summed E-state index contributed by atoms with van der Waals surface area (Å²) >= 11 is 1.14. The van der Waals surface area contributed by atoms with E-state index in [1.165, 1.54) is 0 Å². The van der Waals surface area contributed by atoms with E-state index in [1.54, 1.807) is 10.9 Å². The van der Waals surface area contributed by atoms with Crippen LogP contribution in [0.1, 0.15) is 24.5 Å². The third kappa shape index (κ3) is 2.73. The average molecular weight is 267 g/mol. The number of hydrogen-bond donors (Lipinski definition) is 1. The molecule has 2 heterocycles. The van der Waals surface area contributed by atoms with Crippen LogP contribution in [0.3, 0.4) is 0 Å². The highest BCUT2D eigenvalue weighted by Crippen LogP contribution is 2.25. The summed E-state index contributed by atoms with van der Waals surface area (Å²) < 4.78 is 7.35. The zero-order valence-electron chi connectivity index (χ0n) is 10.0. The fourth-order valence-corrected chi connectivity index (χ4v) is 2.25. The standard InChI is InChI=1S/C11H13N3O3S/c1-7-3-4-9(17-7)8(2)14-6-12-13-11(14)18-5-10(15)16/h3-4,6,8H,5H2,1-2H3,(H,15,16). The Kier molecular flexibility index (Phi) is 3.71. The second kappa shape index (κ2) is 5.26. The molecule has 0 aliphatic heterocycles. The van der Waals surface area contributed by atoms with Crippen molar-refractivity contribution in [3.63, 3.8) is 0 Å². The molecule has 0 radical (unpaired) electrons. The number of aromatic nitrogens is 3. The number of nitrogens with zero attached hydrogens (tertiary/aromatic N) is 3. The van der Waals surface area contributed by atoms with Crippen molar-refractivity contribution >= 4 is 17.7 Å². The van der Waals surface area contributed by atoms with Crippen LogP contribution < -0.4 is 0 Å². The van der Waals surface area contributed by atoms with Gasteiger partial charge in [0.05, 0.1) is 11.8 Å². The first-order valence-electron chi connectivity index (χ1n) is 5.38. The maximum absolute atomic E-state index is 10.6. The molecule has 1 atom stereocenters. The first-order chi connectivity index (χ1) is 8.58. The van der Waals surface area contributed by atoms with Gasteiger partial charge in [-0.25, -0.2) is 0 Å². The minimum Gasteiger partial charge on any atom is -0.481 e. The van der Waals surface area contributed by atoms with Crippen molar-refractivity contribution < 1.29 is 14.3 Å². The molecular formula is C11H13N3O3S. The van der Waals surface area contributed by atoms with Gasteiger partial charge in [-0.3, -0.25) is 9.36 Å². The van der Waals surface area contributed by atoms with Gasteiger partial charge in [0.2, 0.25) is 0 Å². The molecule has 2 aromatic rings. The Labute approximate surface area is 108 Å². The van der Waals surface area contributed by atoms with Gasteiger partial charge in [0.1, 0.15) is 17.8 Å². The number of carboxylic acids is 1. The van der Waals surface area contributed by atoms with Crippen molar-refractivity contribution in [2.45, 2.75) is 25.0 Å². The third-order valence-corrected chi connectivity index (χ3v) is 3.40. The van der Waals surface area contributed by atoms with Gasteiger partial charge >= 0.3 is 5.97 Å². The Morgan fingerprint density at radius 1 is 1.61 bits per heavy atom. The molecular weight excluding hydrogens is 254 g/mol. The molecule has 18 heavy (non-hydrogen) atoms. The number of carbonyl (C=O) groups is 1. The van der Waals surface area contributed by atoms with Crippen molar-refractivity contribution in [3.8, 4) is 0 Å². The Balaban J connectivity index is 2.17. The van der Waals surface area contributed by atoms with Crippen LogP contribution in [0.4, 0.5) is 0 Å². The van der Waals surface area contributed by atoms with Crippen LogP contribution >= 0.6 is 11.8 Å². The van der Waals surface area contributed by atoms with Gasteiger partial charge in [-0.1, -0.05) is 11.8 Å². The van der Waals surface area contributed by atoms with E-state index in [0.29, 0.717) is 5.16 Å². The van der Waals surface area contributed by atoms with Crippen LogP contribution in [-0.4, -0.2) is 31.6 Å². The summed E-state index contributed by atoms with van der Waals surface area (Å²) in [6, 6.07) is 3.72. The molecule has 2 rings (SSSR count). The SMILES string of the molecule is Cc1ccc(C(C)n2cnnc2SCC(=O)O)o1. The van der Waals surface area contributed by atoms with Crippen molar-refractivity contribution in [3.05, 3.63) is 30.0 Å². The van der Waals surface area contributed by atoms with Crippen LogP contribution in [0.25, 0.3) is 0 Å². The molecule has 0 saturated heterocycles. The predicted molar refractivity (Wildman–Crippen MR) is 65.6 cm³/mol. The zero-order valence-corrected chi connectivity index (χ0v) is 10.8. The predicted octanol–water partition coefficient (Wildman–Crippen LogP) is 1.97. The highest BCUT2D eigenvalue weighted by molar-refractivity contribution is 7.99. The van der Waals surface area contributed by atoms with Gasteiger partial charge in [-0.15, -0.1) is 10.2 Å². The fraction of sp³-hybridized carbons (Fsp3) is 0.364. The minimum absolute atomic E-state index is 0.0391. The van der Waals surface area contributed by atoms with Crippen molar-refractivity contribution in [1.82, 2.24) is 14.8 Å². The lowest BCUT2D eigenvalue weighted by Crippen LogP contribution is -2.07. The second-order valence-electron chi connectivity index (χ2n) is 3.83. The molecule has 0 saturated carbocycles. The number of rotatable bonds is 5. The quantitative estimate of drug-likeness (QED) is 0.834. The lowest BCUT2D eigenvalue weighted by molar-refractivity contribution is -0.133. The fourth-order valence-electron chi connectivity index (χ4n) is 1.54. The van der Waals surface area contributed by atoms with Crippen LogP contribution in [0.2, 0.25) is 0 Å². The molecule has 0 amide bonds. The van der Waals surface area contributed by atoms with Gasteiger partial charge in [-0.05, 0) is 26.0 Å². The van der Waals surface area contributed by atoms with Gasteiger partial charge in [0.25, 0.3) is 0 Å². The number of furan rings is 1. The lowest BCUT2D eigenvalue weighted by atomic mass is 10.2. The van der Waals surface area contributed by atoms with Crippen LogP contribution in [0.15, 0.2) is 28.0 Å². The van der Waals surface area contributed by atoms with Crippen molar-refractivity contribution in [2.75, 3.05) is 5.75 Å². The number of thioether (sulfide) groups is 1. The number of hydrogen-bond acceptors (Lipinski definition) is 5. The maximum atomic E-state index is 10.6. The van der Waals surface area contributed by atoms with E-state index < -0.39 is 5.97 Å². The van der Waals surface area contributed by atoms with Gasteiger partial charge in [0, 0.05) is 0 Å². The average Bonchev–Trinajstić information content (AvgIpc) is 2.93. The maximum Gasteiger partial charge on any atom is 0.313 e. The smallest absolute Gasteiger partial charge is 0.313 e. The largest absolute Gasteiger partial charge is 0.481 e. The summed E-state index contributed by atoms with van der Waals surface area (Å²) in [5.41, 5.74) is 0. The summed E-state index contributed by atoms with van der Waals surface area (Å²) in [5.74, 6) is 0.716. The Bertz CT molecular complexity index is 549. The molecule has 0 bridgehead atoms. The molecule has 1 unspecified atom stereocenters. The van der Waals surface area contributed by atoms with Crippen LogP contribution in [0, 0.1) is 6.92 Å². The van der Waals surface area contributed by atoms with Gasteiger partial charge < -0.3 is 9.52 Å². The van der Waals surface area contributed by atoms with Crippen molar-refractivity contribution in [1.29, 1.82) is 0 Å². The molecule has 0 aliphatic carbocycles. The molecule has 6 nitrogen and oxygen atoms in total. The molecule has 7 heteroatoms. The van der Waals surface area contributed by atoms with E-state index >= 15 is 0 Å². The van der Waals surface area contributed by atoms with E-state index in [4.69, 9.17) is 9.52 Å². The highest BCUT2D eigenvalue weighted by atomic mass is 32.2. The first kappa shape index (κ1) is 12.7. The van der Waals surface area contributed by atoms with Gasteiger partial charge in [0.15, 0.2) is 5.16 Å². The zero-order chi connectivity index (χ0) is 13.1. The minimum atomic E-state index is -0.879. The normalized spacial score (nSPS) is 12.6. The summed E-state index contributed by atoms with van der Waals surface area (Å²) in [5, 5.41) is 17.0. The monoisotopic (exact) mass is 267 g/mol. The van der Waals surface area contributed by atoms with Crippen molar-refractivity contribution in [2.24, 2.45) is 0 Å². The summed E-state index contributed by atoms with van der Waals surface area (Å²) in [6.07, 6.45) is 1.58. The molecule has 1 N–H and O–H groups in total. The Hall–Kier alpha value is -1.76. The van der Waals surface area contributed by atoms with E-state index in [1.807, 2.05) is 26.0 Å². The molecule has 0 aromatic carbocycles. The third-order valence-electron chi connectivity index (χ3n) is 2.46. The Morgan fingerprint density at radius 3 is 3.00 bits per heavy atom. The number of aliphatic carboxylic acids is 1. The highest BCUT2D eigenvalue weighted by Gasteiger charge is 2.16. The van der Waals surface area contributed by atoms with E-state index in [2.05, 4.69) is 10.2 Å². The summed E-state index contributed by atoms with van der Waals surface area (Å²) in [4.78, 5) is 10.6. The topological polar surface area (TPSA) is 81.2 Å². The molecule has 96 valence electrons. The Morgan fingerprint density at radius 2 is 2.39 bits per heavy atom. The van der Waals surface area contributed by atoms with E-state index in [-0.39, 0.29) is 11.8 Å². The van der Waals surface area contributed by atoms with Crippen LogP contribution in [-0.2, 0) is 4.79 Å². The second-order valence-corrected chi connectivity index (χ2v) is 4.77. The number of carboxylic acid groups (broad SMARTS) is 1. The first-order valence-corrected chi connectivity index (χ1v) is 6.37.